The molecule has 0 aliphatic heterocycles. The van der Waals surface area contributed by atoms with Crippen molar-refractivity contribution in [3.63, 3.8) is 0 Å². The minimum absolute atomic E-state index is 0.0617. The van der Waals surface area contributed by atoms with Gasteiger partial charge in [-0.15, -0.1) is 0 Å². The van der Waals surface area contributed by atoms with Crippen molar-refractivity contribution >= 4 is 25.8 Å². The first-order chi connectivity index (χ1) is 15.8. The van der Waals surface area contributed by atoms with E-state index in [0.717, 1.165) is 11.1 Å². The van der Waals surface area contributed by atoms with Gasteiger partial charge in [0, 0.05) is 16.8 Å². The SMILES string of the molecule is Cc1ccc(S(=O)(=O)Nc2cc(C(C)C)c(OS(=O)(=O)c3ccc(C)cc3)c(C(C)C)c2)cc1. The first-order valence-corrected chi connectivity index (χ1v) is 14.0. The standard InChI is InChI=1S/C26H31NO5S2/c1-17(2)24-15-21(27-33(28,29)22-11-7-19(5)8-12-22)16-25(18(3)4)26(24)32-34(30,31)23-13-9-20(6)10-14-23/h7-18,27H,1-6H3. The summed E-state index contributed by atoms with van der Waals surface area (Å²) in [6.45, 7) is 11.4. The molecule has 8 heteroatoms. The number of sulfonamides is 1. The molecule has 0 spiro atoms. The Hall–Kier alpha value is -2.84. The second-order valence-corrected chi connectivity index (χ2v) is 12.3. The third-order valence-electron chi connectivity index (χ3n) is 5.48. The highest BCUT2D eigenvalue weighted by atomic mass is 32.2. The minimum atomic E-state index is -4.08. The Morgan fingerprint density at radius 3 is 1.50 bits per heavy atom. The maximum absolute atomic E-state index is 13.1. The Morgan fingerprint density at radius 2 is 1.09 bits per heavy atom. The van der Waals surface area contributed by atoms with Crippen LogP contribution in [0.1, 0.15) is 61.8 Å². The summed E-state index contributed by atoms with van der Waals surface area (Å²) in [4.78, 5) is 0.212. The van der Waals surface area contributed by atoms with E-state index < -0.39 is 20.1 Å². The van der Waals surface area contributed by atoms with E-state index in [0.29, 0.717) is 16.8 Å². The monoisotopic (exact) mass is 501 g/mol. The van der Waals surface area contributed by atoms with Crippen molar-refractivity contribution in [2.75, 3.05) is 4.72 Å². The van der Waals surface area contributed by atoms with Crippen LogP contribution in [0.2, 0.25) is 0 Å². The normalized spacial score (nSPS) is 12.2. The first kappa shape index (κ1) is 25.8. The van der Waals surface area contributed by atoms with E-state index in [2.05, 4.69) is 4.72 Å². The van der Waals surface area contributed by atoms with E-state index in [1.807, 2.05) is 41.5 Å². The lowest BCUT2D eigenvalue weighted by molar-refractivity contribution is 0.476. The molecule has 0 radical (unpaired) electrons. The Labute approximate surface area is 203 Å². The van der Waals surface area contributed by atoms with Crippen LogP contribution in [0.25, 0.3) is 0 Å². The van der Waals surface area contributed by atoms with Gasteiger partial charge in [-0.05, 0) is 62.1 Å². The first-order valence-electron chi connectivity index (χ1n) is 11.1. The average Bonchev–Trinajstić information content (AvgIpc) is 2.74. The molecule has 0 heterocycles. The fourth-order valence-electron chi connectivity index (χ4n) is 3.48. The van der Waals surface area contributed by atoms with Gasteiger partial charge >= 0.3 is 10.1 Å². The molecule has 6 nitrogen and oxygen atoms in total. The van der Waals surface area contributed by atoms with Crippen LogP contribution in [-0.4, -0.2) is 16.8 Å². The number of hydrogen-bond donors (Lipinski definition) is 1. The van der Waals surface area contributed by atoms with Gasteiger partial charge in [0.05, 0.1) is 4.90 Å². The summed E-state index contributed by atoms with van der Waals surface area (Å²) in [6, 6.07) is 16.3. The zero-order chi connectivity index (χ0) is 25.3. The predicted molar refractivity (Wildman–Crippen MR) is 136 cm³/mol. The van der Waals surface area contributed by atoms with Crippen LogP contribution in [0.4, 0.5) is 5.69 Å². The quantitative estimate of drug-likeness (QED) is 0.376. The van der Waals surface area contributed by atoms with Gasteiger partial charge in [-0.25, -0.2) is 8.42 Å². The van der Waals surface area contributed by atoms with Crippen LogP contribution in [0.3, 0.4) is 0 Å². The van der Waals surface area contributed by atoms with E-state index in [4.69, 9.17) is 4.18 Å². The third kappa shape index (κ3) is 5.80. The highest BCUT2D eigenvalue weighted by molar-refractivity contribution is 7.92. The van der Waals surface area contributed by atoms with Gasteiger partial charge in [0.1, 0.15) is 10.6 Å². The summed E-state index contributed by atoms with van der Waals surface area (Å²) < 4.78 is 60.4. The van der Waals surface area contributed by atoms with Crippen molar-refractivity contribution in [3.05, 3.63) is 82.9 Å². The van der Waals surface area contributed by atoms with Crippen LogP contribution in [0, 0.1) is 13.8 Å². The van der Waals surface area contributed by atoms with Crippen molar-refractivity contribution in [3.8, 4) is 5.75 Å². The van der Waals surface area contributed by atoms with Crippen LogP contribution in [-0.2, 0) is 20.1 Å². The Bertz CT molecular complexity index is 1350. The smallest absolute Gasteiger partial charge is 0.339 e. The Balaban J connectivity index is 2.08. The Kier molecular flexibility index (Phi) is 7.43. The molecule has 3 aromatic carbocycles. The van der Waals surface area contributed by atoms with Crippen molar-refractivity contribution in [1.82, 2.24) is 0 Å². The van der Waals surface area contributed by atoms with E-state index in [1.165, 1.54) is 12.1 Å². The molecule has 0 saturated heterocycles. The lowest BCUT2D eigenvalue weighted by atomic mass is 9.93. The molecule has 3 rings (SSSR count). The van der Waals surface area contributed by atoms with Crippen molar-refractivity contribution in [1.29, 1.82) is 0 Å². The number of benzene rings is 3. The highest BCUT2D eigenvalue weighted by Crippen LogP contribution is 2.39. The summed E-state index contributed by atoms with van der Waals surface area (Å²) in [5, 5.41) is 0. The fraction of sp³-hybridized carbons (Fsp3) is 0.308. The molecule has 0 amide bonds. The van der Waals surface area contributed by atoms with Gasteiger partial charge in [0.2, 0.25) is 0 Å². The molecule has 0 aromatic heterocycles. The highest BCUT2D eigenvalue weighted by Gasteiger charge is 2.25. The molecule has 0 aliphatic rings. The van der Waals surface area contributed by atoms with Gasteiger partial charge in [0.15, 0.2) is 0 Å². The van der Waals surface area contributed by atoms with Crippen molar-refractivity contribution in [2.24, 2.45) is 0 Å². The third-order valence-corrected chi connectivity index (χ3v) is 8.11. The van der Waals surface area contributed by atoms with Crippen molar-refractivity contribution in [2.45, 2.75) is 63.2 Å². The van der Waals surface area contributed by atoms with Gasteiger partial charge in [-0.1, -0.05) is 63.1 Å². The zero-order valence-electron chi connectivity index (χ0n) is 20.3. The van der Waals surface area contributed by atoms with Gasteiger partial charge in [0.25, 0.3) is 10.0 Å². The molecule has 0 unspecified atom stereocenters. The zero-order valence-corrected chi connectivity index (χ0v) is 21.9. The average molecular weight is 502 g/mol. The maximum Gasteiger partial charge on any atom is 0.339 e. The van der Waals surface area contributed by atoms with E-state index in [9.17, 15) is 16.8 Å². The lowest BCUT2D eigenvalue weighted by Crippen LogP contribution is -2.16. The summed E-state index contributed by atoms with van der Waals surface area (Å²) in [5.74, 6) is -0.00190. The molecule has 1 N–H and O–H groups in total. The van der Waals surface area contributed by atoms with Crippen molar-refractivity contribution < 1.29 is 21.0 Å². The van der Waals surface area contributed by atoms with Gasteiger partial charge in [-0.2, -0.15) is 8.42 Å². The fourth-order valence-corrected chi connectivity index (χ4v) is 5.50. The summed E-state index contributed by atoms with van der Waals surface area (Å²) in [7, 11) is -7.89. The van der Waals surface area contributed by atoms with Gasteiger partial charge < -0.3 is 4.18 Å². The van der Waals surface area contributed by atoms with Crippen LogP contribution in [0.5, 0.6) is 5.75 Å². The molecule has 3 aromatic rings. The number of anilines is 1. The second-order valence-electron chi connectivity index (χ2n) is 9.06. The molecule has 0 atom stereocenters. The lowest BCUT2D eigenvalue weighted by Gasteiger charge is -2.22. The van der Waals surface area contributed by atoms with Crippen LogP contribution >= 0.6 is 0 Å². The molecule has 34 heavy (non-hydrogen) atoms. The summed E-state index contributed by atoms with van der Waals surface area (Å²) in [5.41, 5.74) is 3.45. The summed E-state index contributed by atoms with van der Waals surface area (Å²) >= 11 is 0. The number of aryl methyl sites for hydroxylation is 2. The number of nitrogens with one attached hydrogen (secondary N) is 1. The van der Waals surface area contributed by atoms with Crippen LogP contribution < -0.4 is 8.91 Å². The number of hydrogen-bond acceptors (Lipinski definition) is 5. The largest absolute Gasteiger partial charge is 0.378 e. The van der Waals surface area contributed by atoms with Crippen LogP contribution in [0.15, 0.2) is 70.5 Å². The maximum atomic E-state index is 13.1. The summed E-state index contributed by atoms with van der Waals surface area (Å²) in [6.07, 6.45) is 0. The minimum Gasteiger partial charge on any atom is -0.378 e. The molecular formula is C26H31NO5S2. The van der Waals surface area contributed by atoms with Gasteiger partial charge in [-0.3, -0.25) is 4.72 Å². The van der Waals surface area contributed by atoms with E-state index in [-0.39, 0.29) is 27.4 Å². The Morgan fingerprint density at radius 1 is 0.676 bits per heavy atom. The molecule has 0 aliphatic carbocycles. The molecule has 0 bridgehead atoms. The number of rotatable bonds is 8. The molecule has 0 fully saturated rings. The molecule has 0 saturated carbocycles. The predicted octanol–water partition coefficient (Wildman–Crippen LogP) is 6.12. The topological polar surface area (TPSA) is 89.5 Å². The van der Waals surface area contributed by atoms with E-state index in [1.54, 1.807) is 48.5 Å². The van der Waals surface area contributed by atoms with E-state index >= 15 is 0 Å². The second kappa shape index (κ2) is 9.80. The molecule has 182 valence electrons. The molecular weight excluding hydrogens is 470 g/mol.